The number of nitrogens with two attached hydrogens (primary N) is 1. The fraction of sp³-hybridized carbons (Fsp3) is 0.611. The number of aliphatic carboxylic acids is 1. The highest BCUT2D eigenvalue weighted by molar-refractivity contribution is 6.40. The molecule has 1 fully saturated rings. The van der Waals surface area contributed by atoms with Gasteiger partial charge in [0.05, 0.1) is 0 Å². The Kier molecular flexibility index (Phi) is 8.06. The van der Waals surface area contributed by atoms with Crippen molar-refractivity contribution >= 4 is 13.1 Å². The summed E-state index contributed by atoms with van der Waals surface area (Å²) in [5.41, 5.74) is 5.03. The Hall–Kier alpha value is -1.66. The summed E-state index contributed by atoms with van der Waals surface area (Å²) < 4.78 is 38.9. The van der Waals surface area contributed by atoms with Crippen LogP contribution < -0.4 is 5.73 Å². The van der Waals surface area contributed by atoms with Crippen molar-refractivity contribution in [3.05, 3.63) is 35.9 Å². The minimum Gasteiger partial charge on any atom is -0.480 e. The maximum atomic E-state index is 13.0. The number of rotatable bonds is 11. The fourth-order valence-electron chi connectivity index (χ4n) is 3.74. The van der Waals surface area contributed by atoms with E-state index in [0.29, 0.717) is 31.2 Å². The van der Waals surface area contributed by atoms with Gasteiger partial charge in [-0.05, 0) is 31.1 Å². The Balaban J connectivity index is 2.14. The van der Waals surface area contributed by atoms with E-state index < -0.39 is 36.9 Å². The van der Waals surface area contributed by atoms with Crippen LogP contribution >= 0.6 is 0 Å². The second-order valence-electron chi connectivity index (χ2n) is 7.42. The van der Waals surface area contributed by atoms with Gasteiger partial charge in [-0.2, -0.15) is 9.90 Å². The zero-order chi connectivity index (χ0) is 21.7. The van der Waals surface area contributed by atoms with Crippen molar-refractivity contribution in [3.8, 4) is 0 Å². The summed E-state index contributed by atoms with van der Waals surface area (Å²) in [5.74, 6) is -2.02. The molecule has 0 radical (unpaired) electrons. The van der Waals surface area contributed by atoms with Gasteiger partial charge in [-0.1, -0.05) is 43.2 Å². The third-order valence-corrected chi connectivity index (χ3v) is 5.37. The van der Waals surface area contributed by atoms with E-state index in [-0.39, 0.29) is 19.3 Å². The SMILES string of the molecule is NC(CCCCB(O)O)(C(=O)O)C1CCC1N(Cc1ccccc1)OC(F)(F)F. The van der Waals surface area contributed by atoms with Gasteiger partial charge in [-0.15, -0.1) is 13.2 Å². The summed E-state index contributed by atoms with van der Waals surface area (Å²) in [4.78, 5) is 16.1. The van der Waals surface area contributed by atoms with E-state index in [1.807, 2.05) is 0 Å². The van der Waals surface area contributed by atoms with Crippen molar-refractivity contribution in [1.29, 1.82) is 0 Å². The summed E-state index contributed by atoms with van der Waals surface area (Å²) in [6.45, 7) is -0.159. The lowest BCUT2D eigenvalue weighted by Gasteiger charge is -2.49. The zero-order valence-corrected chi connectivity index (χ0v) is 15.9. The van der Waals surface area contributed by atoms with Crippen LogP contribution in [0.4, 0.5) is 13.2 Å². The normalized spacial score (nSPS) is 21.5. The van der Waals surface area contributed by atoms with E-state index in [9.17, 15) is 23.1 Å². The van der Waals surface area contributed by atoms with E-state index >= 15 is 0 Å². The molecule has 2 rings (SSSR count). The van der Waals surface area contributed by atoms with Gasteiger partial charge in [-0.25, -0.2) is 0 Å². The molecule has 0 bridgehead atoms. The molecule has 0 saturated heterocycles. The van der Waals surface area contributed by atoms with Crippen LogP contribution in [-0.4, -0.2) is 51.2 Å². The molecule has 0 amide bonds. The van der Waals surface area contributed by atoms with Crippen molar-refractivity contribution in [3.63, 3.8) is 0 Å². The van der Waals surface area contributed by atoms with Crippen LogP contribution in [-0.2, 0) is 16.2 Å². The second-order valence-corrected chi connectivity index (χ2v) is 7.42. The molecule has 0 aromatic heterocycles. The Morgan fingerprint density at radius 1 is 1.21 bits per heavy atom. The summed E-state index contributed by atoms with van der Waals surface area (Å²) in [6.07, 6.45) is -3.48. The Morgan fingerprint density at radius 2 is 1.86 bits per heavy atom. The smallest absolute Gasteiger partial charge is 0.480 e. The Morgan fingerprint density at radius 3 is 2.34 bits per heavy atom. The van der Waals surface area contributed by atoms with Crippen LogP contribution in [0.5, 0.6) is 0 Å². The molecule has 29 heavy (non-hydrogen) atoms. The summed E-state index contributed by atoms with van der Waals surface area (Å²) in [5, 5.41) is 28.3. The third kappa shape index (κ3) is 6.68. The highest BCUT2D eigenvalue weighted by atomic mass is 19.4. The summed E-state index contributed by atoms with van der Waals surface area (Å²) >= 11 is 0. The predicted molar refractivity (Wildman–Crippen MR) is 99.0 cm³/mol. The molecular weight excluding hydrogens is 392 g/mol. The molecule has 0 heterocycles. The van der Waals surface area contributed by atoms with Crippen LogP contribution in [0.2, 0.25) is 6.32 Å². The van der Waals surface area contributed by atoms with Gasteiger partial charge in [0.25, 0.3) is 0 Å². The lowest BCUT2D eigenvalue weighted by Crippen LogP contribution is -2.64. The number of hydroxylamine groups is 2. The standard InChI is InChI=1S/C18H26BF3N2O5/c20-18(21,22)29-24(12-13-6-2-1-3-7-13)15-9-8-14(15)17(23,16(25)26)10-4-5-11-19(27)28/h1-3,6-7,14-15,27-28H,4-5,8-12,23H2,(H,25,26). The minimum absolute atomic E-state index is 0.0153. The molecule has 3 atom stereocenters. The molecule has 3 unspecified atom stereocenters. The first-order valence-corrected chi connectivity index (χ1v) is 9.48. The molecular formula is C18H26BF3N2O5. The van der Waals surface area contributed by atoms with Gasteiger partial charge < -0.3 is 20.9 Å². The monoisotopic (exact) mass is 418 g/mol. The molecule has 1 saturated carbocycles. The van der Waals surface area contributed by atoms with E-state index in [1.54, 1.807) is 30.3 Å². The van der Waals surface area contributed by atoms with Crippen LogP contribution in [0.1, 0.15) is 37.7 Å². The Labute approximate surface area is 167 Å². The molecule has 0 aliphatic heterocycles. The van der Waals surface area contributed by atoms with Crippen LogP contribution in [0, 0.1) is 5.92 Å². The van der Waals surface area contributed by atoms with Crippen LogP contribution in [0.25, 0.3) is 0 Å². The van der Waals surface area contributed by atoms with E-state index in [4.69, 9.17) is 15.8 Å². The second kappa shape index (κ2) is 9.90. The summed E-state index contributed by atoms with van der Waals surface area (Å²) in [6, 6.07) is 7.64. The maximum absolute atomic E-state index is 13.0. The maximum Gasteiger partial charge on any atom is 0.539 e. The van der Waals surface area contributed by atoms with E-state index in [1.165, 1.54) is 0 Å². The molecule has 1 aromatic carbocycles. The summed E-state index contributed by atoms with van der Waals surface area (Å²) in [7, 11) is -1.50. The predicted octanol–water partition coefficient (Wildman–Crippen LogP) is 2.14. The third-order valence-electron chi connectivity index (χ3n) is 5.37. The van der Waals surface area contributed by atoms with Gasteiger partial charge in [0.2, 0.25) is 0 Å². The quantitative estimate of drug-likeness (QED) is 0.247. The first-order chi connectivity index (χ1) is 13.5. The van der Waals surface area contributed by atoms with Gasteiger partial charge in [-0.3, -0.25) is 4.79 Å². The number of nitrogens with zero attached hydrogens (tertiary/aromatic N) is 1. The number of benzene rings is 1. The highest BCUT2D eigenvalue weighted by Crippen LogP contribution is 2.43. The molecule has 1 aromatic rings. The van der Waals surface area contributed by atoms with Crippen molar-refractivity contribution in [1.82, 2.24) is 5.06 Å². The van der Waals surface area contributed by atoms with Gasteiger partial charge in [0.15, 0.2) is 0 Å². The number of unbranched alkanes of at least 4 members (excludes halogenated alkanes) is 1. The fourth-order valence-corrected chi connectivity index (χ4v) is 3.74. The number of carboxylic acid groups (broad SMARTS) is 1. The largest absolute Gasteiger partial charge is 0.539 e. The molecule has 1 aliphatic carbocycles. The van der Waals surface area contributed by atoms with Crippen molar-refractivity contribution in [2.75, 3.05) is 0 Å². The van der Waals surface area contributed by atoms with Gasteiger partial charge in [0, 0.05) is 18.5 Å². The van der Waals surface area contributed by atoms with Crippen molar-refractivity contribution < 1.29 is 38.0 Å². The van der Waals surface area contributed by atoms with E-state index in [0.717, 1.165) is 5.06 Å². The molecule has 0 spiro atoms. The lowest BCUT2D eigenvalue weighted by atomic mass is 9.65. The van der Waals surface area contributed by atoms with Crippen LogP contribution in [0.3, 0.4) is 0 Å². The number of alkyl halides is 3. The number of carboxylic acids is 1. The van der Waals surface area contributed by atoms with Gasteiger partial charge in [0.1, 0.15) is 5.54 Å². The van der Waals surface area contributed by atoms with Crippen molar-refractivity contribution in [2.45, 2.75) is 62.9 Å². The highest BCUT2D eigenvalue weighted by Gasteiger charge is 2.53. The topological polar surface area (TPSA) is 116 Å². The molecule has 7 nitrogen and oxygen atoms in total. The Bertz CT molecular complexity index is 665. The molecule has 5 N–H and O–H groups in total. The van der Waals surface area contributed by atoms with E-state index in [2.05, 4.69) is 4.84 Å². The zero-order valence-electron chi connectivity index (χ0n) is 15.9. The average molecular weight is 418 g/mol. The minimum atomic E-state index is -4.91. The van der Waals surface area contributed by atoms with Crippen LogP contribution in [0.15, 0.2) is 30.3 Å². The number of hydrogen-bond donors (Lipinski definition) is 4. The number of halogens is 3. The molecule has 1 aliphatic rings. The number of carbonyl (C=O) groups is 1. The van der Waals surface area contributed by atoms with Gasteiger partial charge >= 0.3 is 19.5 Å². The molecule has 11 heteroatoms. The first kappa shape index (κ1) is 23.6. The molecule has 162 valence electrons. The first-order valence-electron chi connectivity index (χ1n) is 9.48. The average Bonchev–Trinajstić information content (AvgIpc) is 2.57. The lowest BCUT2D eigenvalue weighted by molar-refractivity contribution is -0.433. The number of hydrogen-bond acceptors (Lipinski definition) is 6. The van der Waals surface area contributed by atoms with Crippen molar-refractivity contribution in [2.24, 2.45) is 11.7 Å².